The topological polar surface area (TPSA) is 99.3 Å². The van der Waals surface area contributed by atoms with Crippen LogP contribution in [0.15, 0.2) is 41.6 Å². The van der Waals surface area contributed by atoms with Gasteiger partial charge in [-0.1, -0.05) is 35.0 Å². The highest BCUT2D eigenvalue weighted by Gasteiger charge is 2.11. The maximum absolute atomic E-state index is 11.3. The fourth-order valence-corrected chi connectivity index (χ4v) is 3.41. The Labute approximate surface area is 175 Å². The number of amides is 2. The van der Waals surface area contributed by atoms with E-state index in [4.69, 9.17) is 27.9 Å². The molecule has 0 bridgehead atoms. The van der Waals surface area contributed by atoms with E-state index in [1.54, 1.807) is 43.4 Å². The highest BCUT2D eigenvalue weighted by molar-refractivity contribution is 7.99. The zero-order chi connectivity index (χ0) is 20.1. The van der Waals surface area contributed by atoms with Gasteiger partial charge in [-0.15, -0.1) is 0 Å². The molecule has 148 valence electrons. The maximum atomic E-state index is 11.3. The van der Waals surface area contributed by atoms with Gasteiger partial charge in [0.05, 0.1) is 27.2 Å². The van der Waals surface area contributed by atoms with Crippen LogP contribution in [0.2, 0.25) is 10.0 Å². The fraction of sp³-hybridized carbons (Fsp3) is 0.222. The maximum Gasteiger partial charge on any atom is 0.318 e. The molecule has 10 heteroatoms. The minimum absolute atomic E-state index is 0.132. The second-order valence-corrected chi connectivity index (χ2v) is 7.65. The number of fused-ring (bicyclic) bond motifs is 1. The average Bonchev–Trinajstić information content (AvgIpc) is 3.07. The first-order valence-corrected chi connectivity index (χ1v) is 10.1. The third kappa shape index (κ3) is 5.45. The Morgan fingerprint density at radius 2 is 2.00 bits per heavy atom. The molecule has 7 nitrogen and oxygen atoms in total. The van der Waals surface area contributed by atoms with Crippen molar-refractivity contribution < 1.29 is 14.6 Å². The van der Waals surface area contributed by atoms with Gasteiger partial charge in [0.25, 0.3) is 0 Å². The number of anilines is 1. The van der Waals surface area contributed by atoms with Gasteiger partial charge in [0, 0.05) is 18.5 Å². The van der Waals surface area contributed by atoms with Crippen molar-refractivity contribution in [2.75, 3.05) is 24.7 Å². The summed E-state index contributed by atoms with van der Waals surface area (Å²) in [5.74, 6) is 0.997. The minimum atomic E-state index is -0.686. The number of imidazole rings is 1. The molecule has 2 amide bonds. The van der Waals surface area contributed by atoms with Crippen molar-refractivity contribution in [2.45, 2.75) is 11.3 Å². The van der Waals surface area contributed by atoms with Gasteiger partial charge in [0.1, 0.15) is 12.4 Å². The number of hydrogen-bond acceptors (Lipinski definition) is 5. The van der Waals surface area contributed by atoms with Gasteiger partial charge in [0.2, 0.25) is 0 Å². The van der Waals surface area contributed by atoms with Gasteiger partial charge in [-0.2, -0.15) is 0 Å². The number of aliphatic hydroxyl groups is 1. The van der Waals surface area contributed by atoms with Crippen molar-refractivity contribution in [3.8, 4) is 5.75 Å². The third-order valence-corrected chi connectivity index (χ3v) is 5.44. The number of carbonyl (C=O) groups excluding carboxylic acids is 1. The Morgan fingerprint density at radius 1 is 1.29 bits per heavy atom. The Balaban J connectivity index is 1.48. The van der Waals surface area contributed by atoms with Gasteiger partial charge in [0.15, 0.2) is 5.16 Å². The number of thioether (sulfide) groups is 1. The van der Waals surface area contributed by atoms with Crippen LogP contribution in [0.1, 0.15) is 0 Å². The van der Waals surface area contributed by atoms with Crippen molar-refractivity contribution in [2.24, 2.45) is 0 Å². The zero-order valence-electron chi connectivity index (χ0n) is 14.8. The van der Waals surface area contributed by atoms with Gasteiger partial charge in [-0.25, -0.2) is 9.78 Å². The SMILES string of the molecule is CNC(=O)Nc1ccc(OC[C@@H](O)CSc2nc3cc(Cl)c(Cl)cc3[nH]2)cc1. The van der Waals surface area contributed by atoms with Gasteiger partial charge in [-0.05, 0) is 36.4 Å². The van der Waals surface area contributed by atoms with E-state index in [-0.39, 0.29) is 12.6 Å². The van der Waals surface area contributed by atoms with Gasteiger partial charge < -0.3 is 25.5 Å². The molecule has 0 aliphatic heterocycles. The number of nitrogens with one attached hydrogen (secondary N) is 3. The predicted molar refractivity (Wildman–Crippen MR) is 113 cm³/mol. The van der Waals surface area contributed by atoms with E-state index < -0.39 is 6.10 Å². The summed E-state index contributed by atoms with van der Waals surface area (Å²) in [5.41, 5.74) is 2.15. The van der Waals surface area contributed by atoms with Gasteiger partial charge in [-0.3, -0.25) is 0 Å². The molecular formula is C18H18Cl2N4O3S. The lowest BCUT2D eigenvalue weighted by atomic mass is 10.3. The number of nitrogens with zero attached hydrogens (tertiary/aromatic N) is 1. The van der Waals surface area contributed by atoms with Crippen LogP contribution in [-0.2, 0) is 0 Å². The molecule has 2 aromatic carbocycles. The fourth-order valence-electron chi connectivity index (χ4n) is 2.29. The van der Waals surface area contributed by atoms with E-state index in [0.29, 0.717) is 37.9 Å². The molecule has 1 atom stereocenters. The number of urea groups is 1. The molecule has 0 aliphatic rings. The molecule has 28 heavy (non-hydrogen) atoms. The number of aromatic nitrogens is 2. The lowest BCUT2D eigenvalue weighted by Crippen LogP contribution is -2.24. The van der Waals surface area contributed by atoms with Crippen LogP contribution < -0.4 is 15.4 Å². The normalized spacial score (nSPS) is 12.0. The highest BCUT2D eigenvalue weighted by Crippen LogP contribution is 2.28. The van der Waals surface area contributed by atoms with Gasteiger partial charge >= 0.3 is 6.03 Å². The van der Waals surface area contributed by atoms with Crippen LogP contribution in [-0.4, -0.2) is 46.6 Å². The van der Waals surface area contributed by atoms with E-state index in [1.807, 2.05) is 0 Å². The number of benzene rings is 2. The highest BCUT2D eigenvalue weighted by atomic mass is 35.5. The van der Waals surface area contributed by atoms with Crippen LogP contribution in [0, 0.1) is 0 Å². The van der Waals surface area contributed by atoms with Crippen molar-refractivity contribution in [1.29, 1.82) is 0 Å². The zero-order valence-corrected chi connectivity index (χ0v) is 17.2. The summed E-state index contributed by atoms with van der Waals surface area (Å²) in [7, 11) is 1.54. The molecule has 3 rings (SSSR count). The molecule has 0 fully saturated rings. The molecule has 1 aromatic heterocycles. The third-order valence-electron chi connectivity index (χ3n) is 3.70. The first-order valence-electron chi connectivity index (χ1n) is 8.32. The molecule has 0 unspecified atom stereocenters. The second-order valence-electron chi connectivity index (χ2n) is 5.83. The standard InChI is InChI=1S/C18H18Cl2N4O3S/c1-21-17(26)22-10-2-4-12(5-3-10)27-8-11(25)9-28-18-23-15-6-13(19)14(20)7-16(15)24-18/h2-7,11,25H,8-9H2,1H3,(H,23,24)(H2,21,22,26)/t11-/m1/s1. The van der Waals surface area contributed by atoms with Crippen LogP contribution in [0.3, 0.4) is 0 Å². The predicted octanol–water partition coefficient (Wildman–Crippen LogP) is 4.15. The Bertz CT molecular complexity index is 926. The number of H-pyrrole nitrogens is 1. The lowest BCUT2D eigenvalue weighted by molar-refractivity contribution is 0.126. The molecule has 0 saturated carbocycles. The summed E-state index contributed by atoms with van der Waals surface area (Å²) in [6, 6.07) is 10.00. The van der Waals surface area contributed by atoms with E-state index in [0.717, 1.165) is 5.52 Å². The number of hydrogen-bond donors (Lipinski definition) is 4. The monoisotopic (exact) mass is 440 g/mol. The van der Waals surface area contributed by atoms with E-state index in [9.17, 15) is 9.90 Å². The number of rotatable bonds is 7. The van der Waals surface area contributed by atoms with Crippen molar-refractivity contribution >= 4 is 57.7 Å². The minimum Gasteiger partial charge on any atom is -0.491 e. The Morgan fingerprint density at radius 3 is 2.71 bits per heavy atom. The summed E-state index contributed by atoms with van der Waals surface area (Å²) >= 11 is 13.4. The molecular weight excluding hydrogens is 423 g/mol. The summed E-state index contributed by atoms with van der Waals surface area (Å²) in [4.78, 5) is 18.8. The number of ether oxygens (including phenoxy) is 1. The largest absolute Gasteiger partial charge is 0.491 e. The number of aliphatic hydroxyl groups excluding tert-OH is 1. The molecule has 0 spiro atoms. The lowest BCUT2D eigenvalue weighted by Gasteiger charge is -2.12. The van der Waals surface area contributed by atoms with Crippen LogP contribution in [0.4, 0.5) is 10.5 Å². The first kappa shape index (κ1) is 20.6. The second kappa shape index (κ2) is 9.38. The summed E-state index contributed by atoms with van der Waals surface area (Å²) in [5, 5.41) is 16.8. The smallest absolute Gasteiger partial charge is 0.318 e. The van der Waals surface area contributed by atoms with Crippen LogP contribution >= 0.6 is 35.0 Å². The average molecular weight is 441 g/mol. The number of carbonyl (C=O) groups is 1. The van der Waals surface area contributed by atoms with E-state index >= 15 is 0 Å². The summed E-state index contributed by atoms with van der Waals surface area (Å²) in [6.07, 6.45) is -0.686. The summed E-state index contributed by atoms with van der Waals surface area (Å²) in [6.45, 7) is 0.132. The molecule has 3 aromatic rings. The van der Waals surface area contributed by atoms with Crippen LogP contribution in [0.25, 0.3) is 11.0 Å². The first-order chi connectivity index (χ1) is 13.4. The summed E-state index contributed by atoms with van der Waals surface area (Å²) < 4.78 is 5.58. The number of halogens is 2. The molecule has 4 N–H and O–H groups in total. The van der Waals surface area contributed by atoms with Crippen LogP contribution in [0.5, 0.6) is 5.75 Å². The van der Waals surface area contributed by atoms with E-state index in [1.165, 1.54) is 11.8 Å². The number of aromatic amines is 1. The Kier molecular flexibility index (Phi) is 6.90. The van der Waals surface area contributed by atoms with Crippen molar-refractivity contribution in [3.63, 3.8) is 0 Å². The molecule has 0 radical (unpaired) electrons. The molecule has 1 heterocycles. The van der Waals surface area contributed by atoms with E-state index in [2.05, 4.69) is 20.6 Å². The Hall–Kier alpha value is -2.13. The van der Waals surface area contributed by atoms with Crippen molar-refractivity contribution in [1.82, 2.24) is 15.3 Å². The molecule has 0 aliphatic carbocycles. The van der Waals surface area contributed by atoms with Crippen molar-refractivity contribution in [3.05, 3.63) is 46.4 Å². The quantitative estimate of drug-likeness (QED) is 0.413. The molecule has 0 saturated heterocycles.